The molecular formula is C20H18N4O5S. The second kappa shape index (κ2) is 9.61. The molecule has 0 unspecified atom stereocenters. The Morgan fingerprint density at radius 3 is 2.50 bits per heavy atom. The summed E-state index contributed by atoms with van der Waals surface area (Å²) in [6, 6.07) is 11.1. The minimum Gasteiger partial charge on any atom is -0.462 e. The van der Waals surface area contributed by atoms with Crippen molar-refractivity contribution in [2.24, 2.45) is 0 Å². The van der Waals surface area contributed by atoms with Crippen LogP contribution in [0.2, 0.25) is 0 Å². The van der Waals surface area contributed by atoms with Crippen molar-refractivity contribution in [1.82, 2.24) is 9.97 Å². The summed E-state index contributed by atoms with van der Waals surface area (Å²) < 4.78 is 10.0. The van der Waals surface area contributed by atoms with E-state index in [0.717, 1.165) is 10.4 Å². The van der Waals surface area contributed by atoms with Crippen molar-refractivity contribution in [1.29, 1.82) is 0 Å². The summed E-state index contributed by atoms with van der Waals surface area (Å²) in [7, 11) is 0. The molecule has 0 aliphatic carbocycles. The molecule has 9 nitrogen and oxygen atoms in total. The van der Waals surface area contributed by atoms with Gasteiger partial charge in [0.05, 0.1) is 12.3 Å². The molecule has 3 aromatic rings. The monoisotopic (exact) mass is 426 g/mol. The highest BCUT2D eigenvalue weighted by Gasteiger charge is 2.21. The number of nitrogens with zero attached hydrogens (tertiary/aromatic N) is 2. The predicted molar refractivity (Wildman–Crippen MR) is 111 cm³/mol. The lowest BCUT2D eigenvalue weighted by Gasteiger charge is -2.07. The average Bonchev–Trinajstić information content (AvgIpc) is 3.17. The minimum absolute atomic E-state index is 0.0992. The van der Waals surface area contributed by atoms with Crippen LogP contribution in [-0.2, 0) is 14.3 Å². The van der Waals surface area contributed by atoms with Gasteiger partial charge in [0.15, 0.2) is 18.1 Å². The zero-order valence-electron chi connectivity index (χ0n) is 16.0. The number of carbonyl (C=O) groups is 3. The Balaban J connectivity index is 1.73. The average molecular weight is 426 g/mol. The number of thiophene rings is 1. The molecule has 0 saturated carbocycles. The van der Waals surface area contributed by atoms with Crippen LogP contribution >= 0.6 is 11.3 Å². The standard InChI is InChI=1S/C20H18N4O5S/c1-2-28-20(27)17-13(10-14(30-17)12-6-4-3-5-7-12)24-15(25)11-29-19(26)16-18(21)23-9-8-22-16/h3-10H,2,11H2,1H3,(H2,21,23)(H,24,25). The molecule has 0 radical (unpaired) electrons. The Morgan fingerprint density at radius 2 is 1.80 bits per heavy atom. The number of hydrogen-bond acceptors (Lipinski definition) is 9. The second-order valence-corrected chi connectivity index (χ2v) is 6.91. The fraction of sp³-hybridized carbons (Fsp3) is 0.150. The van der Waals surface area contributed by atoms with E-state index in [0.29, 0.717) is 0 Å². The number of carbonyl (C=O) groups excluding carboxylic acids is 3. The maximum Gasteiger partial charge on any atom is 0.361 e. The number of ether oxygens (including phenoxy) is 2. The van der Waals surface area contributed by atoms with Crippen LogP contribution in [0.25, 0.3) is 10.4 Å². The molecule has 0 aliphatic heterocycles. The number of nitrogens with one attached hydrogen (secondary N) is 1. The Bertz CT molecular complexity index is 1070. The molecule has 154 valence electrons. The van der Waals surface area contributed by atoms with Crippen molar-refractivity contribution in [2.45, 2.75) is 6.92 Å². The van der Waals surface area contributed by atoms with E-state index in [2.05, 4.69) is 15.3 Å². The topological polar surface area (TPSA) is 134 Å². The molecule has 10 heteroatoms. The van der Waals surface area contributed by atoms with Gasteiger partial charge >= 0.3 is 11.9 Å². The Labute approximate surface area is 175 Å². The number of aromatic nitrogens is 2. The molecule has 1 aromatic carbocycles. The summed E-state index contributed by atoms with van der Waals surface area (Å²) in [6.45, 7) is 1.30. The van der Waals surface area contributed by atoms with Gasteiger partial charge in [-0.2, -0.15) is 0 Å². The highest BCUT2D eigenvalue weighted by molar-refractivity contribution is 7.18. The van der Waals surface area contributed by atoms with Gasteiger partial charge in [-0.3, -0.25) is 4.79 Å². The van der Waals surface area contributed by atoms with Gasteiger partial charge < -0.3 is 20.5 Å². The fourth-order valence-electron chi connectivity index (χ4n) is 2.47. The van der Waals surface area contributed by atoms with Gasteiger partial charge in [0, 0.05) is 17.3 Å². The van der Waals surface area contributed by atoms with Gasteiger partial charge in [0.1, 0.15) is 4.88 Å². The van der Waals surface area contributed by atoms with Crippen molar-refractivity contribution in [2.75, 3.05) is 24.3 Å². The number of nitrogens with two attached hydrogens (primary N) is 1. The van der Waals surface area contributed by atoms with Crippen molar-refractivity contribution in [3.8, 4) is 10.4 Å². The third kappa shape index (κ3) is 4.97. The molecule has 3 N–H and O–H groups in total. The molecule has 0 saturated heterocycles. The van der Waals surface area contributed by atoms with Crippen LogP contribution in [-0.4, -0.2) is 41.0 Å². The fourth-order valence-corrected chi connectivity index (χ4v) is 3.48. The molecule has 2 heterocycles. The first-order valence-electron chi connectivity index (χ1n) is 8.89. The first kappa shape index (κ1) is 20.9. The van der Waals surface area contributed by atoms with Crippen LogP contribution in [0.3, 0.4) is 0 Å². The number of esters is 2. The molecule has 0 spiro atoms. The van der Waals surface area contributed by atoms with Gasteiger partial charge in [-0.25, -0.2) is 19.6 Å². The molecule has 0 fully saturated rings. The summed E-state index contributed by atoms with van der Waals surface area (Å²) in [6.07, 6.45) is 2.62. The third-order valence-electron chi connectivity index (χ3n) is 3.78. The van der Waals surface area contributed by atoms with E-state index in [4.69, 9.17) is 15.2 Å². The number of benzene rings is 1. The molecular weight excluding hydrogens is 408 g/mol. The summed E-state index contributed by atoms with van der Waals surface area (Å²) >= 11 is 1.19. The van der Waals surface area contributed by atoms with Gasteiger partial charge in [-0.1, -0.05) is 30.3 Å². The van der Waals surface area contributed by atoms with Crippen LogP contribution in [0, 0.1) is 0 Å². The first-order chi connectivity index (χ1) is 14.5. The van der Waals surface area contributed by atoms with Crippen LogP contribution < -0.4 is 11.1 Å². The van der Waals surface area contributed by atoms with Crippen LogP contribution in [0.1, 0.15) is 27.1 Å². The van der Waals surface area contributed by atoms with E-state index in [1.54, 1.807) is 13.0 Å². The number of hydrogen-bond donors (Lipinski definition) is 2. The molecule has 0 bridgehead atoms. The van der Waals surface area contributed by atoms with Gasteiger partial charge in [0.2, 0.25) is 0 Å². The van der Waals surface area contributed by atoms with Gasteiger partial charge in [0.25, 0.3) is 5.91 Å². The summed E-state index contributed by atoms with van der Waals surface area (Å²) in [4.78, 5) is 45.2. The quantitative estimate of drug-likeness (QED) is 0.551. The molecule has 1 amide bonds. The summed E-state index contributed by atoms with van der Waals surface area (Å²) in [5.74, 6) is -2.16. The van der Waals surface area contributed by atoms with E-state index in [1.165, 1.54) is 23.7 Å². The Morgan fingerprint density at radius 1 is 1.07 bits per heavy atom. The molecule has 2 aromatic heterocycles. The number of nitrogen functional groups attached to an aromatic ring is 1. The van der Waals surface area contributed by atoms with Crippen molar-refractivity contribution >= 4 is 40.7 Å². The lowest BCUT2D eigenvalue weighted by atomic mass is 10.2. The van der Waals surface area contributed by atoms with Crippen LogP contribution in [0.4, 0.5) is 11.5 Å². The lowest BCUT2D eigenvalue weighted by molar-refractivity contribution is -0.119. The second-order valence-electron chi connectivity index (χ2n) is 5.85. The highest BCUT2D eigenvalue weighted by Crippen LogP contribution is 2.35. The molecule has 0 atom stereocenters. The smallest absolute Gasteiger partial charge is 0.361 e. The normalized spacial score (nSPS) is 10.3. The van der Waals surface area contributed by atoms with Crippen LogP contribution in [0.5, 0.6) is 0 Å². The van der Waals surface area contributed by atoms with E-state index < -0.39 is 24.5 Å². The Hall–Kier alpha value is -3.79. The minimum atomic E-state index is -0.878. The van der Waals surface area contributed by atoms with E-state index in [-0.39, 0.29) is 28.7 Å². The van der Waals surface area contributed by atoms with E-state index >= 15 is 0 Å². The first-order valence-corrected chi connectivity index (χ1v) is 9.71. The Kier molecular flexibility index (Phi) is 6.71. The SMILES string of the molecule is CCOC(=O)c1sc(-c2ccccc2)cc1NC(=O)COC(=O)c1nccnc1N. The summed E-state index contributed by atoms with van der Waals surface area (Å²) in [5.41, 5.74) is 6.55. The largest absolute Gasteiger partial charge is 0.462 e. The maximum absolute atomic E-state index is 12.3. The zero-order chi connectivity index (χ0) is 21.5. The third-order valence-corrected chi connectivity index (χ3v) is 4.94. The predicted octanol–water partition coefficient (Wildman–Crippen LogP) is 2.76. The molecule has 30 heavy (non-hydrogen) atoms. The maximum atomic E-state index is 12.3. The van der Waals surface area contributed by atoms with Gasteiger partial charge in [-0.15, -0.1) is 11.3 Å². The number of rotatable bonds is 7. The van der Waals surface area contributed by atoms with E-state index in [1.807, 2.05) is 30.3 Å². The van der Waals surface area contributed by atoms with Gasteiger partial charge in [-0.05, 0) is 18.6 Å². The zero-order valence-corrected chi connectivity index (χ0v) is 16.8. The highest BCUT2D eigenvalue weighted by atomic mass is 32.1. The molecule has 0 aliphatic rings. The lowest BCUT2D eigenvalue weighted by Crippen LogP contribution is -2.22. The van der Waals surface area contributed by atoms with Crippen molar-refractivity contribution < 1.29 is 23.9 Å². The number of amides is 1. The number of anilines is 2. The van der Waals surface area contributed by atoms with Crippen LogP contribution in [0.15, 0.2) is 48.8 Å². The van der Waals surface area contributed by atoms with E-state index in [9.17, 15) is 14.4 Å². The summed E-state index contributed by atoms with van der Waals surface area (Å²) in [5, 5.41) is 2.59. The molecule has 3 rings (SSSR count). The van der Waals surface area contributed by atoms with Crippen molar-refractivity contribution in [3.05, 3.63) is 59.4 Å². The van der Waals surface area contributed by atoms with Crippen molar-refractivity contribution in [3.63, 3.8) is 0 Å².